The molecule has 1 fully saturated rings. The lowest BCUT2D eigenvalue weighted by Gasteiger charge is -2.23. The van der Waals surface area contributed by atoms with Crippen molar-refractivity contribution in [2.45, 2.75) is 19.4 Å². The highest BCUT2D eigenvalue weighted by Crippen LogP contribution is 2.39. The molecular weight excluding hydrogens is 360 g/mol. The maximum absolute atomic E-state index is 12.8. The average Bonchev–Trinajstić information content (AvgIpc) is 2.98. The predicted molar refractivity (Wildman–Crippen MR) is 103 cm³/mol. The van der Waals surface area contributed by atoms with E-state index < -0.39 is 17.7 Å². The molecule has 1 aromatic carbocycles. The van der Waals surface area contributed by atoms with Gasteiger partial charge in [-0.25, -0.2) is 0 Å². The molecule has 1 unspecified atom stereocenters. The molecule has 0 bridgehead atoms. The Morgan fingerprint density at radius 2 is 1.89 bits per heavy atom. The van der Waals surface area contributed by atoms with E-state index in [1.165, 1.54) is 19.1 Å². The number of aliphatic hydroxyl groups is 1. The summed E-state index contributed by atoms with van der Waals surface area (Å²) in [5.74, 6) is -0.736. The zero-order valence-corrected chi connectivity index (χ0v) is 16.0. The van der Waals surface area contributed by atoms with Crippen molar-refractivity contribution < 1.29 is 24.2 Å². The molecule has 7 heteroatoms. The lowest BCUT2D eigenvalue weighted by Crippen LogP contribution is -2.30. The molecule has 2 heterocycles. The number of hydrogen-bond acceptors (Lipinski definition) is 6. The Morgan fingerprint density at radius 3 is 2.50 bits per heavy atom. The van der Waals surface area contributed by atoms with Gasteiger partial charge in [-0.1, -0.05) is 13.0 Å². The number of carbonyl (C=O) groups is 2. The number of ketones is 1. The molecule has 1 saturated heterocycles. The number of aliphatic hydroxyl groups excluding tert-OH is 1. The number of methoxy groups -OCH3 is 2. The standard InChI is InChI=1S/C21H22N2O5/c1-4-11-23-18(14-7-5-6-10-22-14)17(20(25)21(23)26)19(24)13-8-9-15(27-2)16(12-13)28-3/h5-10,12,18,24H,4,11H2,1-3H3/b19-17-. The van der Waals surface area contributed by atoms with Crippen LogP contribution in [-0.4, -0.2) is 47.4 Å². The number of carbonyl (C=O) groups excluding carboxylic acids is 2. The molecule has 146 valence electrons. The van der Waals surface area contributed by atoms with Crippen molar-refractivity contribution in [2.24, 2.45) is 0 Å². The Labute approximate surface area is 163 Å². The molecule has 0 aliphatic carbocycles. The van der Waals surface area contributed by atoms with Gasteiger partial charge in [-0.15, -0.1) is 0 Å². The number of pyridine rings is 1. The molecular formula is C21H22N2O5. The van der Waals surface area contributed by atoms with Crippen LogP contribution in [0, 0.1) is 0 Å². The van der Waals surface area contributed by atoms with Crippen LogP contribution in [0.2, 0.25) is 0 Å². The number of likely N-dealkylation sites (tertiary alicyclic amines) is 1. The highest BCUT2D eigenvalue weighted by molar-refractivity contribution is 6.46. The van der Waals surface area contributed by atoms with E-state index in [0.717, 1.165) is 0 Å². The number of Topliss-reactive ketones (excluding diaryl/α,β-unsaturated/α-hetero) is 1. The van der Waals surface area contributed by atoms with E-state index in [0.29, 0.717) is 35.7 Å². The Morgan fingerprint density at radius 1 is 1.14 bits per heavy atom. The fraction of sp³-hybridized carbons (Fsp3) is 0.286. The van der Waals surface area contributed by atoms with Crippen LogP contribution in [0.25, 0.3) is 5.76 Å². The number of ether oxygens (including phenoxy) is 2. The third kappa shape index (κ3) is 3.31. The van der Waals surface area contributed by atoms with Crippen LogP contribution >= 0.6 is 0 Å². The van der Waals surface area contributed by atoms with Gasteiger partial charge in [0.1, 0.15) is 11.8 Å². The number of amides is 1. The van der Waals surface area contributed by atoms with Crippen LogP contribution in [-0.2, 0) is 9.59 Å². The smallest absolute Gasteiger partial charge is 0.295 e. The summed E-state index contributed by atoms with van der Waals surface area (Å²) in [4.78, 5) is 31.1. The van der Waals surface area contributed by atoms with Gasteiger partial charge in [-0.05, 0) is 36.8 Å². The molecule has 0 radical (unpaired) electrons. The van der Waals surface area contributed by atoms with Crippen LogP contribution in [0.3, 0.4) is 0 Å². The Hall–Kier alpha value is -3.35. The van der Waals surface area contributed by atoms with Gasteiger partial charge >= 0.3 is 0 Å². The summed E-state index contributed by atoms with van der Waals surface area (Å²) in [6, 6.07) is 9.34. The molecule has 1 amide bonds. The van der Waals surface area contributed by atoms with Crippen molar-refractivity contribution in [1.29, 1.82) is 0 Å². The van der Waals surface area contributed by atoms with E-state index >= 15 is 0 Å². The molecule has 1 N–H and O–H groups in total. The second-order valence-electron chi connectivity index (χ2n) is 6.32. The fourth-order valence-electron chi connectivity index (χ4n) is 3.34. The van der Waals surface area contributed by atoms with Crippen molar-refractivity contribution in [3.05, 3.63) is 59.4 Å². The van der Waals surface area contributed by atoms with E-state index in [1.807, 2.05) is 6.92 Å². The molecule has 1 atom stereocenters. The minimum atomic E-state index is -0.741. The average molecular weight is 382 g/mol. The topological polar surface area (TPSA) is 89.0 Å². The van der Waals surface area contributed by atoms with E-state index in [-0.39, 0.29) is 11.3 Å². The van der Waals surface area contributed by atoms with Crippen molar-refractivity contribution in [3.8, 4) is 11.5 Å². The Kier molecular flexibility index (Phi) is 5.63. The monoisotopic (exact) mass is 382 g/mol. The first-order valence-electron chi connectivity index (χ1n) is 8.95. The van der Waals surface area contributed by atoms with Crippen LogP contribution < -0.4 is 9.47 Å². The molecule has 3 rings (SSSR count). The molecule has 1 aromatic heterocycles. The number of aromatic nitrogens is 1. The number of nitrogens with zero attached hydrogens (tertiary/aromatic N) is 2. The first kappa shape index (κ1) is 19.4. The summed E-state index contributed by atoms with van der Waals surface area (Å²) in [6.07, 6.45) is 2.27. The first-order chi connectivity index (χ1) is 13.5. The minimum absolute atomic E-state index is 0.0179. The van der Waals surface area contributed by atoms with Gasteiger partial charge in [0.2, 0.25) is 0 Å². The molecule has 1 aliphatic heterocycles. The fourth-order valence-corrected chi connectivity index (χ4v) is 3.34. The van der Waals surface area contributed by atoms with Crippen LogP contribution in [0.15, 0.2) is 48.2 Å². The van der Waals surface area contributed by atoms with Gasteiger partial charge in [-0.2, -0.15) is 0 Å². The third-order valence-electron chi connectivity index (χ3n) is 4.63. The van der Waals surface area contributed by atoms with Crippen molar-refractivity contribution >= 4 is 17.4 Å². The second-order valence-corrected chi connectivity index (χ2v) is 6.32. The summed E-state index contributed by atoms with van der Waals surface area (Å²) in [5.41, 5.74) is 0.898. The first-order valence-corrected chi connectivity index (χ1v) is 8.95. The second kappa shape index (κ2) is 8.12. The van der Waals surface area contributed by atoms with Crippen molar-refractivity contribution in [3.63, 3.8) is 0 Å². The van der Waals surface area contributed by atoms with Crippen LogP contribution in [0.1, 0.15) is 30.6 Å². The summed E-state index contributed by atoms with van der Waals surface area (Å²) in [5, 5.41) is 11.0. The zero-order valence-electron chi connectivity index (χ0n) is 16.0. The molecule has 0 spiro atoms. The Bertz CT molecular complexity index is 924. The third-order valence-corrected chi connectivity index (χ3v) is 4.63. The largest absolute Gasteiger partial charge is 0.507 e. The summed E-state index contributed by atoms with van der Waals surface area (Å²) in [7, 11) is 2.99. The van der Waals surface area contributed by atoms with Gasteiger partial charge in [-0.3, -0.25) is 14.6 Å². The maximum Gasteiger partial charge on any atom is 0.295 e. The summed E-state index contributed by atoms with van der Waals surface area (Å²) >= 11 is 0. The van der Waals surface area contributed by atoms with Crippen molar-refractivity contribution in [1.82, 2.24) is 9.88 Å². The van der Waals surface area contributed by atoms with Gasteiger partial charge in [0.05, 0.1) is 25.5 Å². The molecule has 28 heavy (non-hydrogen) atoms. The van der Waals surface area contributed by atoms with Crippen molar-refractivity contribution in [2.75, 3.05) is 20.8 Å². The lowest BCUT2D eigenvalue weighted by atomic mass is 9.98. The van der Waals surface area contributed by atoms with E-state index in [2.05, 4.69) is 4.98 Å². The van der Waals surface area contributed by atoms with Gasteiger partial charge < -0.3 is 19.5 Å². The molecule has 1 aliphatic rings. The Balaban J connectivity index is 2.18. The van der Waals surface area contributed by atoms with Gasteiger partial charge in [0, 0.05) is 18.3 Å². The molecule has 2 aromatic rings. The number of hydrogen-bond donors (Lipinski definition) is 1. The predicted octanol–water partition coefficient (Wildman–Crippen LogP) is 2.93. The number of rotatable bonds is 6. The molecule has 0 saturated carbocycles. The minimum Gasteiger partial charge on any atom is -0.507 e. The highest BCUT2D eigenvalue weighted by Gasteiger charge is 2.46. The van der Waals surface area contributed by atoms with Gasteiger partial charge in [0.15, 0.2) is 11.5 Å². The van der Waals surface area contributed by atoms with E-state index in [4.69, 9.17) is 9.47 Å². The SMILES string of the molecule is CCCN1C(=O)C(=O)/C(=C(\O)c2ccc(OC)c(OC)c2)C1c1ccccn1. The van der Waals surface area contributed by atoms with E-state index in [9.17, 15) is 14.7 Å². The van der Waals surface area contributed by atoms with E-state index in [1.54, 1.807) is 42.6 Å². The quantitative estimate of drug-likeness (QED) is 0.469. The summed E-state index contributed by atoms with van der Waals surface area (Å²) < 4.78 is 10.5. The normalized spacial score (nSPS) is 18.4. The highest BCUT2D eigenvalue weighted by atomic mass is 16.5. The maximum atomic E-state index is 12.8. The molecule has 7 nitrogen and oxygen atoms in total. The van der Waals surface area contributed by atoms with Gasteiger partial charge in [0.25, 0.3) is 11.7 Å². The summed E-state index contributed by atoms with van der Waals surface area (Å²) in [6.45, 7) is 2.30. The van der Waals surface area contributed by atoms with Crippen LogP contribution in [0.5, 0.6) is 11.5 Å². The van der Waals surface area contributed by atoms with Crippen LogP contribution in [0.4, 0.5) is 0 Å². The zero-order chi connectivity index (χ0) is 20.3. The number of benzene rings is 1. The lowest BCUT2D eigenvalue weighted by molar-refractivity contribution is -0.139.